The Morgan fingerprint density at radius 3 is 2.53 bits per heavy atom. The van der Waals surface area contributed by atoms with Gasteiger partial charge in [0.25, 0.3) is 0 Å². The van der Waals surface area contributed by atoms with Crippen LogP contribution < -0.4 is 17.1 Å². The Morgan fingerprint density at radius 2 is 1.89 bits per heavy atom. The number of rotatable bonds is 5. The summed E-state index contributed by atoms with van der Waals surface area (Å²) in [4.78, 5) is 2.30. The van der Waals surface area contributed by atoms with Crippen molar-refractivity contribution in [1.29, 1.82) is 0 Å². The average molecular weight is 285 g/mol. The molecule has 1 fully saturated rings. The van der Waals surface area contributed by atoms with Crippen molar-refractivity contribution in [2.24, 2.45) is 0 Å². The summed E-state index contributed by atoms with van der Waals surface area (Å²) in [6.07, 6.45) is 2.11. The monoisotopic (exact) mass is 284 g/mol. The van der Waals surface area contributed by atoms with Gasteiger partial charge in [0.05, 0.1) is 0 Å². The summed E-state index contributed by atoms with van der Waals surface area (Å²) in [5, 5.41) is 9.93. The van der Waals surface area contributed by atoms with Gasteiger partial charge in [0.1, 0.15) is 18.5 Å². The third kappa shape index (κ3) is 5.01. The minimum atomic E-state index is -0.398. The Hall–Kier alpha value is -0.770. The van der Waals surface area contributed by atoms with Crippen LogP contribution in [0.2, 0.25) is 0 Å². The molecule has 1 saturated heterocycles. The zero-order valence-corrected chi connectivity index (χ0v) is 12.5. The van der Waals surface area contributed by atoms with Crippen molar-refractivity contribution < 1.29 is 22.3 Å². The molecule has 108 valence electrons. The molecular weight excluding hydrogens is 262 g/mol. The molecule has 0 amide bonds. The van der Waals surface area contributed by atoms with E-state index in [2.05, 4.69) is 24.8 Å². The summed E-state index contributed by atoms with van der Waals surface area (Å²) in [5.74, 6) is 0.846. The number of hydrogen-bond donors (Lipinski definition) is 1. The summed E-state index contributed by atoms with van der Waals surface area (Å²) in [5.41, 5.74) is 2.49. The first kappa shape index (κ1) is 16.3. The lowest BCUT2D eigenvalue weighted by Crippen LogP contribution is -3.00. The Morgan fingerprint density at radius 1 is 1.21 bits per heavy atom. The standard InChI is InChI=1S/C15H23NO2.ClH/c1-12-5-6-15(9-13(12)2)18-11-14(17)10-16-7-3-4-8-16;/h5-6,9,14,17H,3-4,7-8,10-11H2,1-2H3;1H/p-1. The molecular formula is C15H23ClNO2-. The second kappa shape index (κ2) is 7.73. The van der Waals surface area contributed by atoms with E-state index in [0.717, 1.165) is 25.4 Å². The van der Waals surface area contributed by atoms with Crippen molar-refractivity contribution in [3.63, 3.8) is 0 Å². The van der Waals surface area contributed by atoms with Crippen LogP contribution >= 0.6 is 0 Å². The summed E-state index contributed by atoms with van der Waals surface area (Å²) in [6, 6.07) is 6.04. The number of halogens is 1. The molecule has 2 rings (SSSR count). The van der Waals surface area contributed by atoms with E-state index in [0.29, 0.717) is 6.61 Å². The van der Waals surface area contributed by atoms with Crippen LogP contribution in [-0.4, -0.2) is 42.4 Å². The minimum absolute atomic E-state index is 0. The number of aryl methyl sites for hydroxylation is 2. The molecule has 0 aromatic heterocycles. The Bertz CT molecular complexity index is 392. The van der Waals surface area contributed by atoms with Crippen molar-refractivity contribution in [2.45, 2.75) is 32.8 Å². The molecule has 0 saturated carbocycles. The summed E-state index contributed by atoms with van der Waals surface area (Å²) in [7, 11) is 0. The van der Waals surface area contributed by atoms with E-state index < -0.39 is 6.10 Å². The summed E-state index contributed by atoms with van der Waals surface area (Å²) in [6.45, 7) is 7.48. The normalized spacial score (nSPS) is 17.0. The van der Waals surface area contributed by atoms with Crippen LogP contribution in [0.3, 0.4) is 0 Å². The minimum Gasteiger partial charge on any atom is -1.00 e. The lowest BCUT2D eigenvalue weighted by molar-refractivity contribution is -0.00000607. The molecule has 0 radical (unpaired) electrons. The van der Waals surface area contributed by atoms with Gasteiger partial charge in [-0.25, -0.2) is 0 Å². The first-order valence-corrected chi connectivity index (χ1v) is 6.75. The molecule has 1 aromatic rings. The van der Waals surface area contributed by atoms with Gasteiger partial charge in [0.15, 0.2) is 0 Å². The SMILES string of the molecule is Cc1ccc(OCC(O)CN2CCCC2)cc1C.[Cl-]. The van der Waals surface area contributed by atoms with Crippen LogP contribution in [0.15, 0.2) is 18.2 Å². The zero-order valence-electron chi connectivity index (χ0n) is 11.7. The molecule has 1 aromatic carbocycles. The van der Waals surface area contributed by atoms with Crippen molar-refractivity contribution in [2.75, 3.05) is 26.2 Å². The van der Waals surface area contributed by atoms with Crippen LogP contribution in [0.1, 0.15) is 24.0 Å². The number of ether oxygens (including phenoxy) is 1. The highest BCUT2D eigenvalue weighted by atomic mass is 35.5. The van der Waals surface area contributed by atoms with Gasteiger partial charge < -0.3 is 27.2 Å². The first-order chi connectivity index (χ1) is 8.65. The maximum absolute atomic E-state index is 9.93. The molecule has 0 aliphatic carbocycles. The van der Waals surface area contributed by atoms with Gasteiger partial charge >= 0.3 is 0 Å². The highest BCUT2D eigenvalue weighted by Gasteiger charge is 2.16. The van der Waals surface area contributed by atoms with Crippen molar-refractivity contribution in [1.82, 2.24) is 4.90 Å². The van der Waals surface area contributed by atoms with Gasteiger partial charge in [-0.15, -0.1) is 0 Å². The third-order valence-electron chi connectivity index (χ3n) is 3.59. The fourth-order valence-corrected chi connectivity index (χ4v) is 2.31. The maximum atomic E-state index is 9.93. The molecule has 3 nitrogen and oxygen atoms in total. The Labute approximate surface area is 122 Å². The van der Waals surface area contributed by atoms with Gasteiger partial charge in [0, 0.05) is 6.54 Å². The van der Waals surface area contributed by atoms with E-state index in [9.17, 15) is 5.11 Å². The summed E-state index contributed by atoms with van der Waals surface area (Å²) < 4.78 is 5.64. The van der Waals surface area contributed by atoms with Crippen LogP contribution in [-0.2, 0) is 0 Å². The molecule has 1 N–H and O–H groups in total. The van der Waals surface area contributed by atoms with Gasteiger partial charge in [-0.1, -0.05) is 6.07 Å². The highest BCUT2D eigenvalue weighted by molar-refractivity contribution is 5.33. The Kier molecular flexibility index (Phi) is 6.63. The van der Waals surface area contributed by atoms with E-state index in [1.54, 1.807) is 0 Å². The molecule has 19 heavy (non-hydrogen) atoms. The van der Waals surface area contributed by atoms with Crippen LogP contribution in [0.4, 0.5) is 0 Å². The number of aliphatic hydroxyl groups excluding tert-OH is 1. The molecule has 0 bridgehead atoms. The van der Waals surface area contributed by atoms with Crippen molar-refractivity contribution >= 4 is 0 Å². The number of nitrogens with zero attached hydrogens (tertiary/aromatic N) is 1. The molecule has 1 aliphatic rings. The average Bonchev–Trinajstić information content (AvgIpc) is 2.83. The maximum Gasteiger partial charge on any atom is 0.119 e. The van der Waals surface area contributed by atoms with E-state index in [-0.39, 0.29) is 12.4 Å². The molecule has 1 heterocycles. The zero-order chi connectivity index (χ0) is 13.0. The summed E-state index contributed by atoms with van der Waals surface area (Å²) >= 11 is 0. The van der Waals surface area contributed by atoms with Gasteiger partial charge in [0.2, 0.25) is 0 Å². The predicted octanol–water partition coefficient (Wildman–Crippen LogP) is -0.857. The molecule has 4 heteroatoms. The van der Waals surface area contributed by atoms with Gasteiger partial charge in [-0.3, -0.25) is 0 Å². The quantitative estimate of drug-likeness (QED) is 0.764. The van der Waals surface area contributed by atoms with E-state index in [1.807, 2.05) is 12.1 Å². The van der Waals surface area contributed by atoms with Crippen LogP contribution in [0.5, 0.6) is 5.75 Å². The fraction of sp³-hybridized carbons (Fsp3) is 0.600. The van der Waals surface area contributed by atoms with Gasteiger partial charge in [-0.2, -0.15) is 0 Å². The van der Waals surface area contributed by atoms with Gasteiger partial charge in [-0.05, 0) is 63.0 Å². The van der Waals surface area contributed by atoms with Crippen LogP contribution in [0.25, 0.3) is 0 Å². The highest BCUT2D eigenvalue weighted by Crippen LogP contribution is 2.16. The lowest BCUT2D eigenvalue weighted by atomic mass is 10.1. The Balaban J connectivity index is 0.00000180. The number of likely N-dealkylation sites (tertiary alicyclic amines) is 1. The van der Waals surface area contributed by atoms with Crippen molar-refractivity contribution in [3.05, 3.63) is 29.3 Å². The number of aliphatic hydroxyl groups is 1. The van der Waals surface area contributed by atoms with Crippen molar-refractivity contribution in [3.8, 4) is 5.75 Å². The number of hydrogen-bond acceptors (Lipinski definition) is 3. The van der Waals surface area contributed by atoms with E-state index in [4.69, 9.17) is 4.74 Å². The van der Waals surface area contributed by atoms with Crippen LogP contribution in [0, 0.1) is 13.8 Å². The molecule has 1 aliphatic heterocycles. The molecule has 1 unspecified atom stereocenters. The topological polar surface area (TPSA) is 32.7 Å². The predicted molar refractivity (Wildman–Crippen MR) is 73.1 cm³/mol. The third-order valence-corrected chi connectivity index (χ3v) is 3.59. The number of β-amino-alcohol motifs (C(OH)–C–C–N with tert-alkyl or cyclic N) is 1. The fourth-order valence-electron chi connectivity index (χ4n) is 2.31. The van der Waals surface area contributed by atoms with E-state index >= 15 is 0 Å². The lowest BCUT2D eigenvalue weighted by Gasteiger charge is -2.19. The smallest absolute Gasteiger partial charge is 0.119 e. The second-order valence-electron chi connectivity index (χ2n) is 5.22. The van der Waals surface area contributed by atoms with E-state index in [1.165, 1.54) is 24.0 Å². The largest absolute Gasteiger partial charge is 1.00 e. The molecule has 1 atom stereocenters. The number of benzene rings is 1. The molecule has 0 spiro atoms. The first-order valence-electron chi connectivity index (χ1n) is 6.75. The second-order valence-corrected chi connectivity index (χ2v) is 5.22.